The van der Waals surface area contributed by atoms with Crippen LogP contribution < -0.4 is 16.0 Å². The minimum Gasteiger partial charge on any atom is -0.399 e. The van der Waals surface area contributed by atoms with Crippen LogP contribution in [0.1, 0.15) is 20.8 Å². The van der Waals surface area contributed by atoms with E-state index in [0.29, 0.717) is 11.4 Å². The molecule has 5 heteroatoms. The molecule has 3 N–H and O–H groups in total. The molecule has 1 aliphatic rings. The van der Waals surface area contributed by atoms with Crippen LogP contribution in [0.3, 0.4) is 0 Å². The van der Waals surface area contributed by atoms with Crippen molar-refractivity contribution in [1.29, 1.82) is 0 Å². The number of hydrogen-bond donors (Lipinski definition) is 2. The Bertz CT molecular complexity index is 488. The van der Waals surface area contributed by atoms with Crippen LogP contribution in [0.25, 0.3) is 0 Å². The van der Waals surface area contributed by atoms with Gasteiger partial charge in [-0.2, -0.15) is 0 Å². The maximum Gasteiger partial charge on any atom is 0.329 e. The minimum absolute atomic E-state index is 0.225. The van der Waals surface area contributed by atoms with E-state index in [0.717, 1.165) is 4.90 Å². The van der Waals surface area contributed by atoms with E-state index in [9.17, 15) is 9.59 Å². The van der Waals surface area contributed by atoms with Gasteiger partial charge < -0.3 is 11.1 Å². The Morgan fingerprint density at radius 2 is 1.72 bits per heavy atom. The molecule has 0 bridgehead atoms. The molecular formula is C13H17N3O2. The minimum atomic E-state index is -0.498. The van der Waals surface area contributed by atoms with Crippen molar-refractivity contribution in [3.8, 4) is 0 Å². The Balaban J connectivity index is 2.33. The number of nitrogens with one attached hydrogen (secondary N) is 1. The van der Waals surface area contributed by atoms with E-state index < -0.39 is 6.04 Å². The highest BCUT2D eigenvalue weighted by Crippen LogP contribution is 2.28. The highest BCUT2D eigenvalue weighted by Gasteiger charge is 2.44. The molecule has 5 nitrogen and oxygen atoms in total. The summed E-state index contributed by atoms with van der Waals surface area (Å²) >= 11 is 0. The van der Waals surface area contributed by atoms with E-state index in [-0.39, 0.29) is 17.4 Å². The van der Waals surface area contributed by atoms with E-state index in [4.69, 9.17) is 5.73 Å². The lowest BCUT2D eigenvalue weighted by Crippen LogP contribution is -2.41. The number of benzene rings is 1. The van der Waals surface area contributed by atoms with Crippen LogP contribution in [0.15, 0.2) is 24.3 Å². The van der Waals surface area contributed by atoms with Crippen molar-refractivity contribution in [3.05, 3.63) is 24.3 Å². The number of nitrogens with two attached hydrogens (primary N) is 1. The highest BCUT2D eigenvalue weighted by molar-refractivity contribution is 6.21. The van der Waals surface area contributed by atoms with Crippen LogP contribution in [0.5, 0.6) is 0 Å². The lowest BCUT2D eigenvalue weighted by Gasteiger charge is -2.24. The van der Waals surface area contributed by atoms with Crippen LogP contribution in [-0.2, 0) is 4.79 Å². The lowest BCUT2D eigenvalue weighted by atomic mass is 9.87. The van der Waals surface area contributed by atoms with Crippen LogP contribution in [0.2, 0.25) is 0 Å². The predicted molar refractivity (Wildman–Crippen MR) is 70.1 cm³/mol. The molecule has 0 saturated carbocycles. The Hall–Kier alpha value is -2.04. The van der Waals surface area contributed by atoms with E-state index in [1.54, 1.807) is 24.3 Å². The number of nitrogens with zero attached hydrogens (tertiary/aromatic N) is 1. The number of carbonyl (C=O) groups is 2. The molecule has 1 fully saturated rings. The van der Waals surface area contributed by atoms with Gasteiger partial charge in [-0.1, -0.05) is 20.8 Å². The zero-order chi connectivity index (χ0) is 13.5. The maximum absolute atomic E-state index is 12.3. The summed E-state index contributed by atoms with van der Waals surface area (Å²) in [6, 6.07) is 5.78. The van der Waals surface area contributed by atoms with Gasteiger partial charge in [-0.25, -0.2) is 9.69 Å². The third-order valence-corrected chi connectivity index (χ3v) is 2.96. The van der Waals surface area contributed by atoms with Gasteiger partial charge >= 0.3 is 6.03 Å². The molecule has 0 radical (unpaired) electrons. The number of imide groups is 1. The van der Waals surface area contributed by atoms with Crippen molar-refractivity contribution < 1.29 is 9.59 Å². The SMILES string of the molecule is CC(C)(C)[C@@H]1NC(=O)N(c2ccc(N)cc2)C1=O. The second-order valence-corrected chi connectivity index (χ2v) is 5.51. The van der Waals surface area contributed by atoms with Crippen molar-refractivity contribution >= 4 is 23.3 Å². The van der Waals surface area contributed by atoms with Gasteiger partial charge in [-0.15, -0.1) is 0 Å². The first-order chi connectivity index (χ1) is 8.30. The summed E-state index contributed by atoms with van der Waals surface area (Å²) in [5.41, 5.74) is 6.41. The monoisotopic (exact) mass is 247 g/mol. The first-order valence-corrected chi connectivity index (χ1v) is 5.81. The van der Waals surface area contributed by atoms with Crippen molar-refractivity contribution in [1.82, 2.24) is 5.32 Å². The van der Waals surface area contributed by atoms with E-state index in [2.05, 4.69) is 5.32 Å². The molecule has 18 heavy (non-hydrogen) atoms. The highest BCUT2D eigenvalue weighted by atomic mass is 16.2. The summed E-state index contributed by atoms with van der Waals surface area (Å²) in [6.45, 7) is 5.76. The van der Waals surface area contributed by atoms with Gasteiger partial charge in [0.05, 0.1) is 5.69 Å². The van der Waals surface area contributed by atoms with Crippen molar-refractivity contribution in [2.24, 2.45) is 5.41 Å². The smallest absolute Gasteiger partial charge is 0.329 e. The molecule has 1 heterocycles. The summed E-state index contributed by atoms with van der Waals surface area (Å²) in [5, 5.41) is 2.71. The van der Waals surface area contributed by atoms with Crippen molar-refractivity contribution in [2.45, 2.75) is 26.8 Å². The third-order valence-electron chi connectivity index (χ3n) is 2.96. The fourth-order valence-corrected chi connectivity index (χ4v) is 1.93. The molecule has 1 saturated heterocycles. The number of nitrogen functional groups attached to an aromatic ring is 1. The summed E-state index contributed by atoms with van der Waals surface area (Å²) in [6.07, 6.45) is 0. The number of urea groups is 1. The zero-order valence-corrected chi connectivity index (χ0v) is 10.7. The zero-order valence-electron chi connectivity index (χ0n) is 10.7. The topological polar surface area (TPSA) is 75.4 Å². The Morgan fingerprint density at radius 3 is 2.17 bits per heavy atom. The molecule has 0 aromatic heterocycles. The van der Waals surface area contributed by atoms with E-state index in [1.165, 1.54) is 0 Å². The second kappa shape index (κ2) is 4.01. The summed E-state index contributed by atoms with van der Waals surface area (Å²) in [4.78, 5) is 25.3. The molecule has 1 atom stereocenters. The van der Waals surface area contributed by atoms with Crippen LogP contribution >= 0.6 is 0 Å². The van der Waals surface area contributed by atoms with Gasteiger partial charge in [0.2, 0.25) is 0 Å². The summed E-state index contributed by atoms with van der Waals surface area (Å²) in [7, 11) is 0. The molecule has 0 aliphatic carbocycles. The van der Waals surface area contributed by atoms with Gasteiger partial charge in [-0.3, -0.25) is 4.79 Å². The second-order valence-electron chi connectivity index (χ2n) is 5.51. The number of carbonyl (C=O) groups excluding carboxylic acids is 2. The number of amides is 3. The third kappa shape index (κ3) is 2.03. The van der Waals surface area contributed by atoms with E-state index in [1.807, 2.05) is 20.8 Å². The van der Waals surface area contributed by atoms with Crippen LogP contribution in [0.4, 0.5) is 16.2 Å². The normalized spacial score (nSPS) is 20.2. The standard InChI is InChI=1S/C13H17N3O2/c1-13(2,3)10-11(17)16(12(18)15-10)9-6-4-8(14)5-7-9/h4-7,10H,14H2,1-3H3,(H,15,18)/t10-/m1/s1. The summed E-state index contributed by atoms with van der Waals surface area (Å²) in [5.74, 6) is -0.225. The first kappa shape index (κ1) is 12.4. The molecule has 1 aromatic carbocycles. The average molecular weight is 247 g/mol. The Labute approximate surface area is 106 Å². The molecule has 1 aliphatic heterocycles. The number of hydrogen-bond acceptors (Lipinski definition) is 3. The number of anilines is 2. The quantitative estimate of drug-likeness (QED) is 0.586. The molecule has 3 amide bonds. The largest absolute Gasteiger partial charge is 0.399 e. The Morgan fingerprint density at radius 1 is 1.17 bits per heavy atom. The van der Waals surface area contributed by atoms with Gasteiger partial charge in [0.15, 0.2) is 0 Å². The number of rotatable bonds is 1. The van der Waals surface area contributed by atoms with Gasteiger partial charge in [-0.05, 0) is 29.7 Å². The Kier molecular flexibility index (Phi) is 2.77. The maximum atomic E-state index is 12.3. The first-order valence-electron chi connectivity index (χ1n) is 5.81. The average Bonchev–Trinajstić information content (AvgIpc) is 2.56. The van der Waals surface area contributed by atoms with Crippen molar-refractivity contribution in [2.75, 3.05) is 10.6 Å². The molecular weight excluding hydrogens is 230 g/mol. The fourth-order valence-electron chi connectivity index (χ4n) is 1.93. The van der Waals surface area contributed by atoms with Gasteiger partial charge in [0.25, 0.3) is 5.91 Å². The molecule has 0 spiro atoms. The van der Waals surface area contributed by atoms with Gasteiger partial charge in [0, 0.05) is 5.69 Å². The molecule has 96 valence electrons. The van der Waals surface area contributed by atoms with Crippen LogP contribution in [0, 0.1) is 5.41 Å². The molecule has 1 aromatic rings. The lowest BCUT2D eigenvalue weighted by molar-refractivity contribution is -0.120. The van der Waals surface area contributed by atoms with Gasteiger partial charge in [0.1, 0.15) is 6.04 Å². The van der Waals surface area contributed by atoms with Crippen molar-refractivity contribution in [3.63, 3.8) is 0 Å². The fraction of sp³-hybridized carbons (Fsp3) is 0.385. The predicted octanol–water partition coefficient (Wildman–Crippen LogP) is 1.74. The molecule has 0 unspecified atom stereocenters. The van der Waals surface area contributed by atoms with E-state index >= 15 is 0 Å². The molecule has 2 rings (SSSR count). The van der Waals surface area contributed by atoms with Crippen LogP contribution in [-0.4, -0.2) is 18.0 Å². The summed E-state index contributed by atoms with van der Waals surface area (Å²) < 4.78 is 0.